The van der Waals surface area contributed by atoms with Crippen molar-refractivity contribution in [2.45, 2.75) is 110 Å². The molecule has 172 valence electrons. The van der Waals surface area contributed by atoms with Gasteiger partial charge >= 0.3 is 0 Å². The molecule has 0 aliphatic rings. The molecule has 2 heteroatoms. The predicted molar refractivity (Wildman–Crippen MR) is 134 cm³/mol. The Bertz CT molecular complexity index is 677. The number of hydrogen-bond acceptors (Lipinski definition) is 2. The first kappa shape index (κ1) is 25.4. The molecule has 0 amide bonds. The number of hydrogen-bond donors (Lipinski definition) is 0. The predicted octanol–water partition coefficient (Wildman–Crippen LogP) is 8.88. The fourth-order valence-corrected chi connectivity index (χ4v) is 4.05. The summed E-state index contributed by atoms with van der Waals surface area (Å²) in [5.41, 5.74) is 3.81. The monoisotopic (exact) mass is 423 g/mol. The van der Waals surface area contributed by atoms with E-state index in [4.69, 9.17) is 9.72 Å². The van der Waals surface area contributed by atoms with Crippen LogP contribution in [0.1, 0.15) is 121 Å². The molecular weight excluding hydrogens is 378 g/mol. The van der Waals surface area contributed by atoms with Crippen molar-refractivity contribution < 1.29 is 4.74 Å². The van der Waals surface area contributed by atoms with Crippen molar-refractivity contribution in [3.63, 3.8) is 0 Å². The number of unbranched alkanes of at least 4 members (excludes halogenated alkanes) is 10. The number of nitrogens with zero attached hydrogens (tertiary/aromatic N) is 1. The lowest BCUT2D eigenvalue weighted by atomic mass is 9.96. The van der Waals surface area contributed by atoms with E-state index in [0.29, 0.717) is 5.92 Å². The lowest BCUT2D eigenvalue weighted by molar-refractivity contribution is 0.304. The summed E-state index contributed by atoms with van der Waals surface area (Å²) in [6.45, 7) is 7.58. The van der Waals surface area contributed by atoms with Crippen LogP contribution in [0.3, 0.4) is 0 Å². The average molecular weight is 424 g/mol. The Morgan fingerprint density at radius 1 is 0.710 bits per heavy atom. The van der Waals surface area contributed by atoms with Crippen LogP contribution >= 0.6 is 0 Å². The summed E-state index contributed by atoms with van der Waals surface area (Å²) in [4.78, 5) is 4.77. The second-order valence-corrected chi connectivity index (χ2v) is 9.02. The molecule has 0 radical (unpaired) electrons. The van der Waals surface area contributed by atoms with Crippen LogP contribution in [0.5, 0.6) is 5.75 Å². The summed E-state index contributed by atoms with van der Waals surface area (Å²) in [7, 11) is 0. The molecule has 1 aromatic heterocycles. The molecule has 1 heterocycles. The van der Waals surface area contributed by atoms with E-state index in [1.807, 2.05) is 0 Å². The van der Waals surface area contributed by atoms with Gasteiger partial charge in [-0.1, -0.05) is 103 Å². The average Bonchev–Trinajstić information content (AvgIpc) is 2.81. The van der Waals surface area contributed by atoms with Crippen LogP contribution < -0.4 is 4.74 Å². The van der Waals surface area contributed by atoms with Crippen molar-refractivity contribution in [1.29, 1.82) is 0 Å². The molecule has 31 heavy (non-hydrogen) atoms. The number of pyridine rings is 1. The first-order valence-corrected chi connectivity index (χ1v) is 12.9. The van der Waals surface area contributed by atoms with Gasteiger partial charge in [0.05, 0.1) is 6.61 Å². The van der Waals surface area contributed by atoms with Gasteiger partial charge in [0.25, 0.3) is 0 Å². The van der Waals surface area contributed by atoms with Gasteiger partial charge in [0.1, 0.15) is 5.75 Å². The maximum Gasteiger partial charge on any atom is 0.119 e. The van der Waals surface area contributed by atoms with Gasteiger partial charge in [-0.25, -0.2) is 0 Å². The highest BCUT2D eigenvalue weighted by atomic mass is 16.5. The van der Waals surface area contributed by atoms with Gasteiger partial charge in [-0.2, -0.15) is 0 Å². The van der Waals surface area contributed by atoms with Crippen molar-refractivity contribution in [3.05, 3.63) is 59.4 Å². The lowest BCUT2D eigenvalue weighted by Gasteiger charge is -2.13. The number of benzene rings is 1. The minimum Gasteiger partial charge on any atom is -0.494 e. The third kappa shape index (κ3) is 10.4. The van der Waals surface area contributed by atoms with E-state index in [-0.39, 0.29) is 0 Å². The topological polar surface area (TPSA) is 22.1 Å². The zero-order valence-corrected chi connectivity index (χ0v) is 20.4. The van der Waals surface area contributed by atoms with E-state index in [9.17, 15) is 0 Å². The summed E-state index contributed by atoms with van der Waals surface area (Å²) in [5, 5.41) is 0. The molecule has 1 aromatic carbocycles. The van der Waals surface area contributed by atoms with Gasteiger partial charge in [-0.15, -0.1) is 0 Å². The van der Waals surface area contributed by atoms with Crippen molar-refractivity contribution in [1.82, 2.24) is 4.98 Å². The molecule has 0 N–H and O–H groups in total. The smallest absolute Gasteiger partial charge is 0.119 e. The Labute approximate surface area is 191 Å². The molecule has 0 saturated heterocycles. The normalized spacial score (nSPS) is 12.1. The highest BCUT2D eigenvalue weighted by Gasteiger charge is 2.10. The second-order valence-electron chi connectivity index (χ2n) is 9.02. The number of rotatable bonds is 17. The van der Waals surface area contributed by atoms with E-state index < -0.39 is 0 Å². The fourth-order valence-electron chi connectivity index (χ4n) is 4.05. The molecule has 0 spiro atoms. The zero-order valence-electron chi connectivity index (χ0n) is 20.4. The van der Waals surface area contributed by atoms with Gasteiger partial charge in [-0.3, -0.25) is 4.98 Å². The van der Waals surface area contributed by atoms with E-state index >= 15 is 0 Å². The quantitative estimate of drug-likeness (QED) is 0.237. The van der Waals surface area contributed by atoms with Gasteiger partial charge in [0.2, 0.25) is 0 Å². The van der Waals surface area contributed by atoms with E-state index in [1.54, 1.807) is 0 Å². The van der Waals surface area contributed by atoms with E-state index in [1.165, 1.54) is 81.8 Å². The van der Waals surface area contributed by atoms with Crippen molar-refractivity contribution in [2.75, 3.05) is 6.61 Å². The van der Waals surface area contributed by atoms with Gasteiger partial charge < -0.3 is 4.74 Å². The van der Waals surface area contributed by atoms with Crippen molar-refractivity contribution in [3.8, 4) is 5.75 Å². The molecule has 1 atom stereocenters. The summed E-state index contributed by atoms with van der Waals surface area (Å²) in [6, 6.07) is 13.1. The number of aromatic nitrogens is 1. The van der Waals surface area contributed by atoms with Crippen LogP contribution in [0.15, 0.2) is 42.6 Å². The Hall–Kier alpha value is -1.83. The molecule has 2 aromatic rings. The van der Waals surface area contributed by atoms with Crippen LogP contribution in [0.2, 0.25) is 0 Å². The third-order valence-corrected chi connectivity index (χ3v) is 6.26. The van der Waals surface area contributed by atoms with Crippen LogP contribution in [-0.2, 0) is 6.42 Å². The molecule has 0 fully saturated rings. The Morgan fingerprint density at radius 3 is 1.94 bits per heavy atom. The molecule has 0 saturated carbocycles. The van der Waals surface area contributed by atoms with Gasteiger partial charge in [0, 0.05) is 17.8 Å². The molecule has 0 bridgehead atoms. The minimum absolute atomic E-state index is 0.302. The number of ether oxygens (including phenoxy) is 1. The minimum atomic E-state index is 0.302. The van der Waals surface area contributed by atoms with Gasteiger partial charge in [0.15, 0.2) is 0 Å². The van der Waals surface area contributed by atoms with Gasteiger partial charge in [-0.05, 0) is 48.6 Å². The van der Waals surface area contributed by atoms with Crippen molar-refractivity contribution >= 4 is 0 Å². The largest absolute Gasteiger partial charge is 0.494 e. The molecule has 0 aliphatic carbocycles. The Kier molecular flexibility index (Phi) is 13.0. The Morgan fingerprint density at radius 2 is 1.32 bits per heavy atom. The summed E-state index contributed by atoms with van der Waals surface area (Å²) >= 11 is 0. The van der Waals surface area contributed by atoms with Crippen LogP contribution in [0.4, 0.5) is 0 Å². The maximum absolute atomic E-state index is 5.90. The van der Waals surface area contributed by atoms with Crippen LogP contribution in [0, 0.1) is 0 Å². The SMILES string of the molecule is CCCCCCCCCc1ccc(C(C)c2ccc(OCCCCCCC)cc2)nc1. The summed E-state index contributed by atoms with van der Waals surface area (Å²) in [6.07, 6.45) is 19.1. The Balaban J connectivity index is 1.71. The maximum atomic E-state index is 5.90. The lowest BCUT2D eigenvalue weighted by Crippen LogP contribution is -2.01. The molecule has 1 unspecified atom stereocenters. The summed E-state index contributed by atoms with van der Waals surface area (Å²) in [5.74, 6) is 1.28. The zero-order chi connectivity index (χ0) is 22.2. The molecule has 2 nitrogen and oxygen atoms in total. The van der Waals surface area contributed by atoms with E-state index in [2.05, 4.69) is 63.4 Å². The standard InChI is InChI=1S/C29H45NO/c1-4-6-8-10-11-12-14-16-26-17-22-29(30-24-26)25(3)27-18-20-28(21-19-27)31-23-15-13-9-7-5-2/h17-22,24-25H,4-16,23H2,1-3H3. The summed E-state index contributed by atoms with van der Waals surface area (Å²) < 4.78 is 5.90. The van der Waals surface area contributed by atoms with Crippen LogP contribution in [-0.4, -0.2) is 11.6 Å². The highest BCUT2D eigenvalue weighted by Crippen LogP contribution is 2.25. The fraction of sp³-hybridized carbons (Fsp3) is 0.621. The molecular formula is C29H45NO. The highest BCUT2D eigenvalue weighted by molar-refractivity contribution is 5.33. The van der Waals surface area contributed by atoms with E-state index in [0.717, 1.165) is 30.9 Å². The molecule has 0 aliphatic heterocycles. The van der Waals surface area contributed by atoms with Crippen LogP contribution in [0.25, 0.3) is 0 Å². The van der Waals surface area contributed by atoms with Crippen molar-refractivity contribution in [2.24, 2.45) is 0 Å². The third-order valence-electron chi connectivity index (χ3n) is 6.26. The number of aryl methyl sites for hydroxylation is 1. The molecule has 2 rings (SSSR count). The first-order valence-electron chi connectivity index (χ1n) is 12.9. The first-order chi connectivity index (χ1) is 15.2. The second kappa shape index (κ2) is 15.9.